The Bertz CT molecular complexity index is 1350. The van der Waals surface area contributed by atoms with Gasteiger partial charge in [-0.3, -0.25) is 14.4 Å². The maximum absolute atomic E-state index is 12.8. The van der Waals surface area contributed by atoms with Crippen LogP contribution < -0.4 is 0 Å². The highest BCUT2D eigenvalue weighted by molar-refractivity contribution is 5.71. The molecule has 0 unspecified atom stereocenters. The van der Waals surface area contributed by atoms with Crippen LogP contribution in [-0.4, -0.2) is 37.2 Å². The molecule has 1 atom stereocenters. The Kier molecular flexibility index (Phi) is 51.9. The lowest BCUT2D eigenvalue weighted by Gasteiger charge is -2.18. The number of esters is 3. The van der Waals surface area contributed by atoms with Gasteiger partial charge in [0.1, 0.15) is 13.2 Å². The van der Waals surface area contributed by atoms with Crippen LogP contribution in [0.15, 0.2) is 97.2 Å². The average Bonchev–Trinajstić information content (AvgIpc) is 3.33. The Labute approximate surface area is 413 Å². The number of hydrogen-bond acceptors (Lipinski definition) is 6. The minimum absolute atomic E-state index is 0.0962. The van der Waals surface area contributed by atoms with Crippen molar-refractivity contribution in [2.45, 2.75) is 258 Å². The van der Waals surface area contributed by atoms with Crippen molar-refractivity contribution in [2.24, 2.45) is 0 Å². The van der Waals surface area contributed by atoms with Crippen LogP contribution in [0.5, 0.6) is 0 Å². The number of ether oxygens (including phenoxy) is 3. The summed E-state index contributed by atoms with van der Waals surface area (Å²) in [7, 11) is 0. The first kappa shape index (κ1) is 63.3. The molecule has 0 saturated heterocycles. The quantitative estimate of drug-likeness (QED) is 0.0262. The monoisotopic (exact) mass is 931 g/mol. The van der Waals surface area contributed by atoms with Gasteiger partial charge in [0.15, 0.2) is 6.10 Å². The Balaban J connectivity index is 4.47. The highest BCUT2D eigenvalue weighted by atomic mass is 16.6. The first-order valence-corrected chi connectivity index (χ1v) is 27.7. The highest BCUT2D eigenvalue weighted by Gasteiger charge is 2.19. The average molecular weight is 931 g/mol. The van der Waals surface area contributed by atoms with Gasteiger partial charge in [-0.1, -0.05) is 208 Å². The minimum Gasteiger partial charge on any atom is -0.462 e. The molecule has 0 aliphatic rings. The predicted octanol–water partition coefficient (Wildman–Crippen LogP) is 18.5. The van der Waals surface area contributed by atoms with E-state index in [9.17, 15) is 14.4 Å². The van der Waals surface area contributed by atoms with E-state index < -0.39 is 6.10 Å². The van der Waals surface area contributed by atoms with Crippen molar-refractivity contribution in [1.29, 1.82) is 0 Å². The molecule has 0 aromatic heterocycles. The molecule has 0 N–H and O–H groups in total. The first-order valence-electron chi connectivity index (χ1n) is 27.7. The van der Waals surface area contributed by atoms with Gasteiger partial charge in [-0.2, -0.15) is 0 Å². The van der Waals surface area contributed by atoms with Gasteiger partial charge in [0.2, 0.25) is 0 Å². The number of rotatable bonds is 49. The Morgan fingerprint density at radius 2 is 0.582 bits per heavy atom. The van der Waals surface area contributed by atoms with Crippen molar-refractivity contribution < 1.29 is 28.6 Å². The molecule has 0 radical (unpaired) electrons. The van der Waals surface area contributed by atoms with E-state index >= 15 is 0 Å². The summed E-state index contributed by atoms with van der Waals surface area (Å²) < 4.78 is 16.8. The molecule has 0 heterocycles. The number of carbonyl (C=O) groups is 3. The molecular weight excluding hydrogens is 829 g/mol. The molecule has 0 spiro atoms. The van der Waals surface area contributed by atoms with Crippen molar-refractivity contribution >= 4 is 17.9 Å². The Morgan fingerprint density at radius 1 is 0.313 bits per heavy atom. The van der Waals surface area contributed by atoms with Crippen molar-refractivity contribution in [3.05, 3.63) is 97.2 Å². The van der Waals surface area contributed by atoms with E-state index in [-0.39, 0.29) is 31.1 Å². The largest absolute Gasteiger partial charge is 0.462 e. The third kappa shape index (κ3) is 53.2. The summed E-state index contributed by atoms with van der Waals surface area (Å²) in [5.74, 6) is -0.941. The molecular formula is C61H102O6. The summed E-state index contributed by atoms with van der Waals surface area (Å²) in [5, 5.41) is 0. The summed E-state index contributed by atoms with van der Waals surface area (Å²) >= 11 is 0. The molecule has 0 fully saturated rings. The van der Waals surface area contributed by atoms with Crippen molar-refractivity contribution in [2.75, 3.05) is 13.2 Å². The van der Waals surface area contributed by atoms with E-state index in [0.29, 0.717) is 19.3 Å². The van der Waals surface area contributed by atoms with Gasteiger partial charge in [0.25, 0.3) is 0 Å². The predicted molar refractivity (Wildman–Crippen MR) is 288 cm³/mol. The number of carbonyl (C=O) groups excluding carboxylic acids is 3. The lowest BCUT2D eigenvalue weighted by molar-refractivity contribution is -0.167. The molecule has 6 nitrogen and oxygen atoms in total. The van der Waals surface area contributed by atoms with Crippen LogP contribution in [0, 0.1) is 0 Å². The number of allylic oxidation sites excluding steroid dienone is 16. The number of unbranched alkanes of at least 4 members (excludes halogenated alkanes) is 22. The normalized spacial score (nSPS) is 12.8. The Morgan fingerprint density at radius 3 is 0.910 bits per heavy atom. The Hall–Kier alpha value is -3.67. The summed E-state index contributed by atoms with van der Waals surface area (Å²) in [5.41, 5.74) is 0. The van der Waals surface area contributed by atoms with Gasteiger partial charge >= 0.3 is 17.9 Å². The van der Waals surface area contributed by atoms with E-state index in [1.54, 1.807) is 0 Å². The zero-order valence-corrected chi connectivity index (χ0v) is 43.6. The molecule has 0 aliphatic heterocycles. The standard InChI is InChI=1S/C61H102O6/c1-4-7-10-13-16-19-22-25-28-30-33-35-38-41-44-47-50-53-59(62)65-56-58(67-61(64)55-52-49-46-43-40-37-32-27-24-21-18-15-12-9-6-3)57-66-60(63)54-51-48-45-42-39-36-34-31-29-26-23-20-17-14-11-8-5-2/h7,10,16-21,25-29,32-33,35,58H,4-6,8-9,11-15,22-24,30-31,34,36-57H2,1-3H3/b10-7-,19-16-,20-17-,21-18-,28-25-,29-26-,32-27-,35-33-/t58-/m1/s1. The van der Waals surface area contributed by atoms with Gasteiger partial charge in [-0.25, -0.2) is 0 Å². The van der Waals surface area contributed by atoms with E-state index in [1.165, 1.54) is 77.0 Å². The molecule has 0 bridgehead atoms. The van der Waals surface area contributed by atoms with E-state index in [2.05, 4.69) is 118 Å². The maximum Gasteiger partial charge on any atom is 0.306 e. The molecule has 67 heavy (non-hydrogen) atoms. The topological polar surface area (TPSA) is 78.9 Å². The second-order valence-electron chi connectivity index (χ2n) is 18.1. The second-order valence-corrected chi connectivity index (χ2v) is 18.1. The third-order valence-electron chi connectivity index (χ3n) is 11.5. The van der Waals surface area contributed by atoms with E-state index in [1.807, 2.05) is 0 Å². The van der Waals surface area contributed by atoms with Crippen LogP contribution in [0.1, 0.15) is 252 Å². The van der Waals surface area contributed by atoms with Crippen molar-refractivity contribution in [3.8, 4) is 0 Å². The molecule has 0 saturated carbocycles. The number of hydrogen-bond donors (Lipinski definition) is 0. The van der Waals surface area contributed by atoms with Gasteiger partial charge in [-0.05, 0) is 122 Å². The first-order chi connectivity index (χ1) is 33.0. The molecule has 0 aliphatic carbocycles. The van der Waals surface area contributed by atoms with Crippen LogP contribution in [-0.2, 0) is 28.6 Å². The van der Waals surface area contributed by atoms with Crippen LogP contribution in [0.3, 0.4) is 0 Å². The van der Waals surface area contributed by atoms with E-state index in [4.69, 9.17) is 14.2 Å². The lowest BCUT2D eigenvalue weighted by atomic mass is 10.1. The fraction of sp³-hybridized carbons (Fsp3) is 0.689. The third-order valence-corrected chi connectivity index (χ3v) is 11.5. The van der Waals surface area contributed by atoms with Gasteiger partial charge in [-0.15, -0.1) is 0 Å². The fourth-order valence-electron chi connectivity index (χ4n) is 7.37. The second kappa shape index (κ2) is 54.9. The SMILES string of the molecule is CC/C=C\C/C=C\C/C=C\C/C=C\CCCCCCC(=O)OC[C@H](COC(=O)CCCCCCCCC/C=C\C/C=C\CCCCC)OC(=O)CCCCCCC/C=C\C/C=C\CCCCC. The molecule has 0 rings (SSSR count). The zero-order valence-electron chi connectivity index (χ0n) is 43.6. The molecule has 0 aromatic rings. The van der Waals surface area contributed by atoms with Crippen molar-refractivity contribution in [1.82, 2.24) is 0 Å². The van der Waals surface area contributed by atoms with Crippen molar-refractivity contribution in [3.63, 3.8) is 0 Å². The minimum atomic E-state index is -0.800. The van der Waals surface area contributed by atoms with Gasteiger partial charge in [0, 0.05) is 19.3 Å². The summed E-state index contributed by atoms with van der Waals surface area (Å²) in [6.45, 7) is 6.44. The van der Waals surface area contributed by atoms with Gasteiger partial charge in [0.05, 0.1) is 0 Å². The highest BCUT2D eigenvalue weighted by Crippen LogP contribution is 2.14. The van der Waals surface area contributed by atoms with Crippen LogP contribution in [0.25, 0.3) is 0 Å². The maximum atomic E-state index is 12.8. The van der Waals surface area contributed by atoms with Crippen LogP contribution in [0.2, 0.25) is 0 Å². The lowest BCUT2D eigenvalue weighted by Crippen LogP contribution is -2.30. The van der Waals surface area contributed by atoms with E-state index in [0.717, 1.165) is 135 Å². The zero-order chi connectivity index (χ0) is 48.6. The molecule has 0 amide bonds. The summed E-state index contributed by atoms with van der Waals surface area (Å²) in [4.78, 5) is 38.1. The van der Waals surface area contributed by atoms with Crippen LogP contribution in [0.4, 0.5) is 0 Å². The van der Waals surface area contributed by atoms with Crippen LogP contribution >= 0.6 is 0 Å². The van der Waals surface area contributed by atoms with Gasteiger partial charge < -0.3 is 14.2 Å². The molecule has 382 valence electrons. The summed E-state index contributed by atoms with van der Waals surface area (Å²) in [6, 6.07) is 0. The molecule has 6 heteroatoms. The smallest absolute Gasteiger partial charge is 0.306 e. The fourth-order valence-corrected chi connectivity index (χ4v) is 7.37. The molecule has 0 aromatic carbocycles. The summed E-state index contributed by atoms with van der Waals surface area (Å²) in [6.07, 6.45) is 72.4.